The van der Waals surface area contributed by atoms with Gasteiger partial charge in [-0.3, -0.25) is 13.9 Å². The van der Waals surface area contributed by atoms with Crippen LogP contribution in [-0.2, 0) is 25.0 Å². The van der Waals surface area contributed by atoms with Crippen molar-refractivity contribution in [1.82, 2.24) is 5.32 Å². The molecule has 3 aliphatic heterocycles. The number of benzene rings is 2. The van der Waals surface area contributed by atoms with Gasteiger partial charge in [-0.05, 0) is 74.3 Å². The predicted octanol–water partition coefficient (Wildman–Crippen LogP) is 4.40. The molecule has 3 heterocycles. The van der Waals surface area contributed by atoms with E-state index in [1.807, 2.05) is 0 Å². The highest BCUT2D eigenvalue weighted by Gasteiger charge is 2.43. The molecule has 1 saturated carbocycles. The smallest absolute Gasteiger partial charge is 0.252 e. The molecule has 1 unspecified atom stereocenters. The highest BCUT2D eigenvalue weighted by atomic mass is 32.2. The molecule has 11 heteroatoms. The molecule has 42 heavy (non-hydrogen) atoms. The lowest BCUT2D eigenvalue weighted by Gasteiger charge is -2.33. The second kappa shape index (κ2) is 11.5. The molecule has 0 bridgehead atoms. The minimum Gasteiger partial charge on any atom is -0.384 e. The van der Waals surface area contributed by atoms with E-state index in [0.717, 1.165) is 38.5 Å². The molecule has 2 amide bonds. The van der Waals surface area contributed by atoms with Crippen molar-refractivity contribution in [2.75, 3.05) is 47.0 Å². The van der Waals surface area contributed by atoms with Gasteiger partial charge in [-0.2, -0.15) is 0 Å². The van der Waals surface area contributed by atoms with E-state index in [1.54, 1.807) is 30.3 Å². The van der Waals surface area contributed by atoms with Crippen molar-refractivity contribution >= 4 is 38.9 Å². The molecule has 9 nitrogen and oxygen atoms in total. The summed E-state index contributed by atoms with van der Waals surface area (Å²) in [7, 11) is -3.40. The van der Waals surface area contributed by atoms with E-state index in [9.17, 15) is 18.0 Å². The molecule has 0 radical (unpaired) electrons. The predicted molar refractivity (Wildman–Crippen MR) is 160 cm³/mol. The third kappa shape index (κ3) is 5.60. The van der Waals surface area contributed by atoms with Crippen molar-refractivity contribution in [2.45, 2.75) is 63.3 Å². The number of halogens is 1. The molecule has 2 aromatic rings. The van der Waals surface area contributed by atoms with Crippen LogP contribution in [0.5, 0.6) is 0 Å². The van der Waals surface area contributed by atoms with Crippen molar-refractivity contribution in [3.8, 4) is 0 Å². The van der Waals surface area contributed by atoms with Gasteiger partial charge in [-0.15, -0.1) is 0 Å². The zero-order valence-corrected chi connectivity index (χ0v) is 24.8. The van der Waals surface area contributed by atoms with E-state index in [0.29, 0.717) is 61.3 Å². The summed E-state index contributed by atoms with van der Waals surface area (Å²) in [5.41, 5.74) is 2.13. The van der Waals surface area contributed by atoms with Crippen molar-refractivity contribution in [3.05, 3.63) is 53.3 Å². The summed E-state index contributed by atoms with van der Waals surface area (Å²) in [6.07, 6.45) is 5.51. The largest absolute Gasteiger partial charge is 0.384 e. The van der Waals surface area contributed by atoms with Crippen LogP contribution in [-0.4, -0.2) is 58.3 Å². The van der Waals surface area contributed by atoms with Crippen LogP contribution in [0.25, 0.3) is 0 Å². The van der Waals surface area contributed by atoms with Crippen LogP contribution in [0.1, 0.15) is 67.8 Å². The molecule has 226 valence electrons. The molecule has 1 atom stereocenters. The number of anilines is 3. The van der Waals surface area contributed by atoms with Gasteiger partial charge in [0.2, 0.25) is 15.9 Å². The zero-order chi connectivity index (χ0) is 29.5. The summed E-state index contributed by atoms with van der Waals surface area (Å²) < 4.78 is 47.2. The number of rotatable bonds is 6. The number of hydrogen-bond donors (Lipinski definition) is 3. The van der Waals surface area contributed by atoms with Crippen molar-refractivity contribution in [3.63, 3.8) is 0 Å². The fraction of sp³-hybridized carbons (Fsp3) is 0.548. The Bertz CT molecular complexity index is 1470. The molecule has 2 aromatic carbocycles. The third-order valence-corrected chi connectivity index (χ3v) is 11.4. The molecular formula is C31H39FN4O5S. The highest BCUT2D eigenvalue weighted by Crippen LogP contribution is 2.46. The van der Waals surface area contributed by atoms with E-state index < -0.39 is 22.0 Å². The molecule has 0 aromatic heterocycles. The van der Waals surface area contributed by atoms with Crippen LogP contribution in [0, 0.1) is 17.7 Å². The van der Waals surface area contributed by atoms with E-state index >= 15 is 4.39 Å². The van der Waals surface area contributed by atoms with Crippen molar-refractivity contribution in [2.24, 2.45) is 11.8 Å². The van der Waals surface area contributed by atoms with Gasteiger partial charge in [0.15, 0.2) is 0 Å². The average Bonchev–Trinajstić information content (AvgIpc) is 3.51. The van der Waals surface area contributed by atoms with E-state index in [-0.39, 0.29) is 34.4 Å². The first kappa shape index (κ1) is 28.9. The number of carbonyl (C=O) groups is 2. The SMILES string of the molecule is CC1CCC(C(NC(=O)c2cccc(N3CCCS3(=O)=O)c2)C(=O)Nc2cc(F)c3c(c2)NCC32CCOCC2)CC1. The maximum Gasteiger partial charge on any atom is 0.252 e. The Morgan fingerprint density at radius 1 is 1.12 bits per heavy atom. The molecule has 2 saturated heterocycles. The summed E-state index contributed by atoms with van der Waals surface area (Å²) in [6, 6.07) is 8.84. The standard InChI is InChI=1S/C31H39FN4O5S/c1-20-6-8-21(9-7-20)28(35-29(37)22-4-2-5-24(16-22)36-12-3-15-42(36,39)40)30(38)34-23-17-25(32)27-26(18-23)33-19-31(27)10-13-41-14-11-31/h2,4-5,16-18,20-21,28,33H,3,6-15,19H2,1H3,(H,34,38)(H,35,37). The first-order valence-electron chi connectivity index (χ1n) is 15.0. The fourth-order valence-electron chi connectivity index (χ4n) is 7.09. The first-order chi connectivity index (χ1) is 20.1. The second-order valence-corrected chi connectivity index (χ2v) is 14.4. The lowest BCUT2D eigenvalue weighted by atomic mass is 9.75. The number of amides is 2. The third-order valence-electron chi connectivity index (χ3n) is 9.55. The lowest BCUT2D eigenvalue weighted by Crippen LogP contribution is -2.49. The topological polar surface area (TPSA) is 117 Å². The molecule has 3 N–H and O–H groups in total. The van der Waals surface area contributed by atoms with Gasteiger partial charge >= 0.3 is 0 Å². The highest BCUT2D eigenvalue weighted by molar-refractivity contribution is 7.93. The quantitative estimate of drug-likeness (QED) is 0.454. The molecule has 4 aliphatic rings. The van der Waals surface area contributed by atoms with Gasteiger partial charge in [0.1, 0.15) is 11.9 Å². The van der Waals surface area contributed by atoms with Gasteiger partial charge < -0.3 is 20.7 Å². The summed E-state index contributed by atoms with van der Waals surface area (Å²) in [6.45, 7) is 4.39. The Morgan fingerprint density at radius 3 is 2.60 bits per heavy atom. The first-order valence-corrected chi connectivity index (χ1v) is 16.6. The number of carbonyl (C=O) groups excluding carboxylic acids is 2. The lowest BCUT2D eigenvalue weighted by molar-refractivity contribution is -0.119. The average molecular weight is 599 g/mol. The Kier molecular flexibility index (Phi) is 7.91. The Labute approximate surface area is 246 Å². The summed E-state index contributed by atoms with van der Waals surface area (Å²) in [5, 5.41) is 9.18. The Hall–Kier alpha value is -3.18. The van der Waals surface area contributed by atoms with Gasteiger partial charge in [0.05, 0.1) is 11.4 Å². The van der Waals surface area contributed by atoms with Gasteiger partial charge in [-0.25, -0.2) is 12.8 Å². The van der Waals surface area contributed by atoms with Gasteiger partial charge in [0, 0.05) is 54.2 Å². The number of sulfonamides is 1. The van der Waals surface area contributed by atoms with Crippen molar-refractivity contribution < 1.29 is 27.1 Å². The molecule has 3 fully saturated rings. The Morgan fingerprint density at radius 2 is 1.88 bits per heavy atom. The van der Waals surface area contributed by atoms with Crippen LogP contribution in [0.3, 0.4) is 0 Å². The fourth-order valence-corrected chi connectivity index (χ4v) is 8.65. The van der Waals surface area contributed by atoms with E-state index in [1.165, 1.54) is 10.4 Å². The summed E-state index contributed by atoms with van der Waals surface area (Å²) >= 11 is 0. The van der Waals surface area contributed by atoms with Crippen LogP contribution in [0.15, 0.2) is 36.4 Å². The van der Waals surface area contributed by atoms with E-state index in [4.69, 9.17) is 4.74 Å². The van der Waals surface area contributed by atoms with E-state index in [2.05, 4.69) is 22.9 Å². The minimum atomic E-state index is -3.40. The molecule has 6 rings (SSSR count). The monoisotopic (exact) mass is 598 g/mol. The summed E-state index contributed by atoms with van der Waals surface area (Å²) in [4.78, 5) is 27.2. The van der Waals surface area contributed by atoms with Gasteiger partial charge in [-0.1, -0.05) is 25.8 Å². The van der Waals surface area contributed by atoms with Crippen LogP contribution in [0.2, 0.25) is 0 Å². The number of hydrogen-bond acceptors (Lipinski definition) is 6. The number of nitrogens with one attached hydrogen (secondary N) is 3. The molecule has 1 spiro atoms. The maximum absolute atomic E-state index is 15.5. The Balaban J connectivity index is 1.22. The van der Waals surface area contributed by atoms with Crippen LogP contribution < -0.4 is 20.3 Å². The van der Waals surface area contributed by atoms with Gasteiger partial charge in [0.25, 0.3) is 5.91 Å². The normalized spacial score (nSPS) is 25.0. The van der Waals surface area contributed by atoms with Crippen LogP contribution in [0.4, 0.5) is 21.5 Å². The number of nitrogens with zero attached hydrogens (tertiary/aromatic N) is 1. The molecular weight excluding hydrogens is 559 g/mol. The second-order valence-electron chi connectivity index (χ2n) is 12.4. The van der Waals surface area contributed by atoms with Crippen LogP contribution >= 0.6 is 0 Å². The minimum absolute atomic E-state index is 0.0739. The summed E-state index contributed by atoms with van der Waals surface area (Å²) in [5.74, 6) is -0.630. The number of ether oxygens (including phenoxy) is 1. The zero-order valence-electron chi connectivity index (χ0n) is 24.0. The maximum atomic E-state index is 15.5. The molecule has 1 aliphatic carbocycles. The van der Waals surface area contributed by atoms with Crippen molar-refractivity contribution in [1.29, 1.82) is 0 Å². The number of fused-ring (bicyclic) bond motifs is 2.